The highest BCUT2D eigenvalue weighted by atomic mass is 79.9. The molecule has 0 spiro atoms. The normalized spacial score (nSPS) is 10.8. The number of aryl methyl sites for hydroxylation is 2. The third kappa shape index (κ3) is 2.59. The Morgan fingerprint density at radius 3 is 2.43 bits per heavy atom. The molecule has 0 saturated carbocycles. The van der Waals surface area contributed by atoms with Crippen molar-refractivity contribution in [3.05, 3.63) is 58.6 Å². The number of rotatable bonds is 2. The van der Waals surface area contributed by atoms with Crippen LogP contribution in [-0.2, 0) is 7.05 Å². The Hall–Kier alpha value is -2.07. The quantitative estimate of drug-likeness (QED) is 0.750. The largest absolute Gasteiger partial charge is 0.383 e. The van der Waals surface area contributed by atoms with Gasteiger partial charge in [0.2, 0.25) is 0 Å². The second-order valence-electron chi connectivity index (χ2n) is 5.11. The number of hydrogen-bond acceptors (Lipinski definition) is 2. The van der Waals surface area contributed by atoms with E-state index in [9.17, 15) is 0 Å². The molecule has 0 aliphatic heterocycles. The van der Waals surface area contributed by atoms with Gasteiger partial charge in [-0.1, -0.05) is 51.8 Å². The predicted octanol–water partition coefficient (Wildman–Crippen LogP) is 4.41. The summed E-state index contributed by atoms with van der Waals surface area (Å²) in [5, 5.41) is 4.60. The summed E-state index contributed by atoms with van der Waals surface area (Å²) in [6.07, 6.45) is 0. The number of aromatic nitrogens is 2. The SMILES string of the molecule is Cc1cccc(-c2nn(C)c(N)c2-c2ccc(Br)cc2)c1. The molecule has 0 atom stereocenters. The second kappa shape index (κ2) is 5.37. The minimum Gasteiger partial charge on any atom is -0.383 e. The molecule has 106 valence electrons. The molecule has 0 unspecified atom stereocenters. The van der Waals surface area contributed by atoms with E-state index < -0.39 is 0 Å². The standard InChI is InChI=1S/C17H16BrN3/c1-11-4-3-5-13(10-11)16-15(17(19)21(2)20-16)12-6-8-14(18)9-7-12/h3-10H,19H2,1-2H3. The van der Waals surface area contributed by atoms with Crippen LogP contribution in [0.4, 0.5) is 5.82 Å². The van der Waals surface area contributed by atoms with E-state index in [-0.39, 0.29) is 0 Å². The Balaban J connectivity index is 2.23. The Morgan fingerprint density at radius 1 is 1.05 bits per heavy atom. The third-order valence-electron chi connectivity index (χ3n) is 3.52. The van der Waals surface area contributed by atoms with Crippen molar-refractivity contribution in [3.8, 4) is 22.4 Å². The van der Waals surface area contributed by atoms with Crippen LogP contribution < -0.4 is 5.73 Å². The fourth-order valence-electron chi connectivity index (χ4n) is 2.43. The summed E-state index contributed by atoms with van der Waals surface area (Å²) >= 11 is 3.46. The lowest BCUT2D eigenvalue weighted by molar-refractivity contribution is 0.782. The number of nitrogen functional groups attached to an aromatic ring is 1. The molecule has 3 nitrogen and oxygen atoms in total. The highest BCUT2D eigenvalue weighted by Crippen LogP contribution is 2.36. The molecule has 0 radical (unpaired) electrons. The van der Waals surface area contributed by atoms with E-state index in [2.05, 4.69) is 58.3 Å². The van der Waals surface area contributed by atoms with E-state index >= 15 is 0 Å². The zero-order valence-electron chi connectivity index (χ0n) is 12.0. The summed E-state index contributed by atoms with van der Waals surface area (Å²) in [6.45, 7) is 2.08. The van der Waals surface area contributed by atoms with Crippen LogP contribution in [0, 0.1) is 6.92 Å². The summed E-state index contributed by atoms with van der Waals surface area (Å²) in [7, 11) is 1.87. The van der Waals surface area contributed by atoms with Crippen LogP contribution in [0.2, 0.25) is 0 Å². The van der Waals surface area contributed by atoms with Crippen molar-refractivity contribution in [2.45, 2.75) is 6.92 Å². The topological polar surface area (TPSA) is 43.8 Å². The van der Waals surface area contributed by atoms with Crippen LogP contribution in [0.25, 0.3) is 22.4 Å². The van der Waals surface area contributed by atoms with Crippen molar-refractivity contribution in [1.82, 2.24) is 9.78 Å². The van der Waals surface area contributed by atoms with Gasteiger partial charge in [0.25, 0.3) is 0 Å². The first-order valence-electron chi connectivity index (χ1n) is 6.71. The molecule has 2 N–H and O–H groups in total. The van der Waals surface area contributed by atoms with Crippen LogP contribution >= 0.6 is 15.9 Å². The van der Waals surface area contributed by atoms with Crippen molar-refractivity contribution >= 4 is 21.7 Å². The molecule has 1 heterocycles. The molecule has 21 heavy (non-hydrogen) atoms. The number of nitrogens with two attached hydrogens (primary N) is 1. The number of nitrogens with zero attached hydrogens (tertiary/aromatic N) is 2. The fourth-order valence-corrected chi connectivity index (χ4v) is 2.70. The van der Waals surface area contributed by atoms with Gasteiger partial charge in [0.15, 0.2) is 0 Å². The van der Waals surface area contributed by atoms with Gasteiger partial charge in [-0.15, -0.1) is 0 Å². The molecule has 3 rings (SSSR count). The third-order valence-corrected chi connectivity index (χ3v) is 4.04. The Labute approximate surface area is 132 Å². The molecule has 4 heteroatoms. The summed E-state index contributed by atoms with van der Waals surface area (Å²) in [5.74, 6) is 0.675. The first kappa shape index (κ1) is 13.9. The number of hydrogen-bond donors (Lipinski definition) is 1. The molecule has 3 aromatic rings. The molecule has 0 bridgehead atoms. The zero-order valence-corrected chi connectivity index (χ0v) is 13.6. The molecular weight excluding hydrogens is 326 g/mol. The van der Waals surface area contributed by atoms with E-state index in [0.717, 1.165) is 26.9 Å². The minimum atomic E-state index is 0.675. The van der Waals surface area contributed by atoms with Crippen LogP contribution in [0.15, 0.2) is 53.0 Å². The van der Waals surface area contributed by atoms with Crippen LogP contribution in [0.1, 0.15) is 5.56 Å². The summed E-state index contributed by atoms with van der Waals surface area (Å²) < 4.78 is 2.78. The number of benzene rings is 2. The van der Waals surface area contributed by atoms with Gasteiger partial charge in [-0.05, 0) is 30.7 Å². The first-order chi connectivity index (χ1) is 10.1. The van der Waals surface area contributed by atoms with Gasteiger partial charge in [-0.3, -0.25) is 4.68 Å². The monoisotopic (exact) mass is 341 g/mol. The lowest BCUT2D eigenvalue weighted by Gasteiger charge is -2.05. The van der Waals surface area contributed by atoms with Crippen LogP contribution in [0.3, 0.4) is 0 Å². The maximum absolute atomic E-state index is 6.24. The van der Waals surface area contributed by atoms with E-state index in [1.807, 2.05) is 25.2 Å². The van der Waals surface area contributed by atoms with Crippen molar-refractivity contribution in [1.29, 1.82) is 0 Å². The Kier molecular flexibility index (Phi) is 3.55. The van der Waals surface area contributed by atoms with Gasteiger partial charge in [0.05, 0.1) is 5.56 Å². The Morgan fingerprint density at radius 2 is 1.76 bits per heavy atom. The van der Waals surface area contributed by atoms with Crippen LogP contribution in [-0.4, -0.2) is 9.78 Å². The predicted molar refractivity (Wildman–Crippen MR) is 90.9 cm³/mol. The molecule has 1 aromatic heterocycles. The zero-order chi connectivity index (χ0) is 15.0. The first-order valence-corrected chi connectivity index (χ1v) is 7.51. The second-order valence-corrected chi connectivity index (χ2v) is 6.02. The van der Waals surface area contributed by atoms with Crippen molar-refractivity contribution in [3.63, 3.8) is 0 Å². The van der Waals surface area contributed by atoms with E-state index in [4.69, 9.17) is 5.73 Å². The summed E-state index contributed by atoms with van der Waals surface area (Å²) in [5.41, 5.74) is 11.5. The molecule has 0 aliphatic rings. The van der Waals surface area contributed by atoms with Crippen molar-refractivity contribution in [2.75, 3.05) is 5.73 Å². The lowest BCUT2D eigenvalue weighted by atomic mass is 10.00. The maximum atomic E-state index is 6.24. The molecule has 0 amide bonds. The van der Waals surface area contributed by atoms with Gasteiger partial charge in [-0.25, -0.2) is 0 Å². The fraction of sp³-hybridized carbons (Fsp3) is 0.118. The van der Waals surface area contributed by atoms with E-state index in [0.29, 0.717) is 5.82 Å². The average molecular weight is 342 g/mol. The van der Waals surface area contributed by atoms with E-state index in [1.54, 1.807) is 4.68 Å². The maximum Gasteiger partial charge on any atom is 0.129 e. The molecular formula is C17H16BrN3. The van der Waals surface area contributed by atoms with E-state index in [1.165, 1.54) is 5.56 Å². The van der Waals surface area contributed by atoms with Gasteiger partial charge in [0, 0.05) is 17.1 Å². The van der Waals surface area contributed by atoms with Gasteiger partial charge < -0.3 is 5.73 Å². The molecule has 0 fully saturated rings. The number of halogens is 1. The smallest absolute Gasteiger partial charge is 0.129 e. The average Bonchev–Trinajstić information content (AvgIpc) is 2.76. The van der Waals surface area contributed by atoms with Gasteiger partial charge in [-0.2, -0.15) is 5.10 Å². The highest BCUT2D eigenvalue weighted by molar-refractivity contribution is 9.10. The molecule has 0 aliphatic carbocycles. The Bertz CT molecular complexity index is 788. The van der Waals surface area contributed by atoms with Crippen LogP contribution in [0.5, 0.6) is 0 Å². The molecule has 2 aromatic carbocycles. The molecule has 0 saturated heterocycles. The van der Waals surface area contributed by atoms with Crippen molar-refractivity contribution in [2.24, 2.45) is 7.05 Å². The minimum absolute atomic E-state index is 0.675. The lowest BCUT2D eigenvalue weighted by Crippen LogP contribution is -1.97. The number of anilines is 1. The van der Waals surface area contributed by atoms with Crippen molar-refractivity contribution < 1.29 is 0 Å². The van der Waals surface area contributed by atoms with Gasteiger partial charge in [0.1, 0.15) is 11.5 Å². The summed E-state index contributed by atoms with van der Waals surface area (Å²) in [6, 6.07) is 16.5. The van der Waals surface area contributed by atoms with Gasteiger partial charge >= 0.3 is 0 Å². The summed E-state index contributed by atoms with van der Waals surface area (Å²) in [4.78, 5) is 0. The highest BCUT2D eigenvalue weighted by Gasteiger charge is 2.17.